The van der Waals surface area contributed by atoms with Gasteiger partial charge in [-0.3, -0.25) is 0 Å². The zero-order valence-electron chi connectivity index (χ0n) is 7.16. The van der Waals surface area contributed by atoms with Gasteiger partial charge < -0.3 is 9.90 Å². The maximum Gasteiger partial charge on any atom is 0.123 e. The van der Waals surface area contributed by atoms with E-state index in [1.165, 1.54) is 24.3 Å². The molecule has 0 aliphatic heterocycles. The first-order valence-corrected chi connectivity index (χ1v) is 4.08. The molecule has 3 heteroatoms. The van der Waals surface area contributed by atoms with E-state index in [1.807, 2.05) is 0 Å². The second-order valence-corrected chi connectivity index (χ2v) is 2.96. The number of carbonyl (C=O) groups is 1. The first-order valence-electron chi connectivity index (χ1n) is 4.08. The number of fused-ring (bicyclic) bond motifs is 1. The van der Waals surface area contributed by atoms with E-state index in [9.17, 15) is 14.3 Å². The normalized spacial score (nSPS) is 10.4. The van der Waals surface area contributed by atoms with Crippen LogP contribution in [0.1, 0.15) is 10.4 Å². The Morgan fingerprint density at radius 1 is 1.21 bits per heavy atom. The monoisotopic (exact) mass is 189 g/mol. The fraction of sp³-hybridized carbons (Fsp3) is 0. The molecule has 0 fully saturated rings. The molecule has 70 valence electrons. The highest BCUT2D eigenvalue weighted by molar-refractivity contribution is 6.02. The van der Waals surface area contributed by atoms with Crippen molar-refractivity contribution in [3.63, 3.8) is 0 Å². The minimum Gasteiger partial charge on any atom is -0.545 e. The van der Waals surface area contributed by atoms with Crippen molar-refractivity contribution in [3.05, 3.63) is 47.8 Å². The molecule has 0 aromatic heterocycles. The Morgan fingerprint density at radius 3 is 2.71 bits per heavy atom. The van der Waals surface area contributed by atoms with Crippen LogP contribution in [0.4, 0.5) is 4.39 Å². The van der Waals surface area contributed by atoms with E-state index >= 15 is 0 Å². The summed E-state index contributed by atoms with van der Waals surface area (Å²) in [5, 5.41) is 11.8. The molecule has 0 radical (unpaired) electrons. The van der Waals surface area contributed by atoms with Crippen LogP contribution in [0.25, 0.3) is 10.8 Å². The standard InChI is InChI=1S/C11H7FO2/c12-8-4-5-9-7(6-8)2-1-3-10(9)11(13)14/h1-6H,(H,13,14)/p-1. The van der Waals surface area contributed by atoms with Gasteiger partial charge in [-0.2, -0.15) is 0 Å². The van der Waals surface area contributed by atoms with Gasteiger partial charge in [0.15, 0.2) is 0 Å². The molecule has 2 aromatic carbocycles. The highest BCUT2D eigenvalue weighted by atomic mass is 19.1. The maximum absolute atomic E-state index is 12.8. The average molecular weight is 189 g/mol. The number of carbonyl (C=O) groups excluding carboxylic acids is 1. The lowest BCUT2D eigenvalue weighted by atomic mass is 10.0. The Morgan fingerprint density at radius 2 is 2.00 bits per heavy atom. The Kier molecular flexibility index (Phi) is 1.93. The lowest BCUT2D eigenvalue weighted by Gasteiger charge is -2.06. The summed E-state index contributed by atoms with van der Waals surface area (Å²) in [6.07, 6.45) is 0. The van der Waals surface area contributed by atoms with Gasteiger partial charge in [0, 0.05) is 5.56 Å². The lowest BCUT2D eigenvalue weighted by molar-refractivity contribution is -0.254. The molecule has 0 aliphatic carbocycles. The second-order valence-electron chi connectivity index (χ2n) is 2.96. The minimum absolute atomic E-state index is 0.0856. The summed E-state index contributed by atoms with van der Waals surface area (Å²) in [6, 6.07) is 8.62. The quantitative estimate of drug-likeness (QED) is 0.679. The van der Waals surface area contributed by atoms with Crippen LogP contribution in [-0.4, -0.2) is 5.97 Å². The molecule has 2 rings (SSSR count). The van der Waals surface area contributed by atoms with Crippen LogP contribution in [0.15, 0.2) is 36.4 Å². The predicted octanol–water partition coefficient (Wildman–Crippen LogP) is 1.34. The topological polar surface area (TPSA) is 40.1 Å². The molecular formula is C11H6FO2-. The largest absolute Gasteiger partial charge is 0.545 e. The van der Waals surface area contributed by atoms with Crippen molar-refractivity contribution >= 4 is 16.7 Å². The highest BCUT2D eigenvalue weighted by Crippen LogP contribution is 2.19. The highest BCUT2D eigenvalue weighted by Gasteiger charge is 2.01. The van der Waals surface area contributed by atoms with Crippen LogP contribution in [0.2, 0.25) is 0 Å². The van der Waals surface area contributed by atoms with Crippen molar-refractivity contribution in [2.75, 3.05) is 0 Å². The third-order valence-electron chi connectivity index (χ3n) is 2.06. The van der Waals surface area contributed by atoms with Gasteiger partial charge in [0.2, 0.25) is 0 Å². The minimum atomic E-state index is -1.25. The average Bonchev–Trinajstić information content (AvgIpc) is 2.16. The van der Waals surface area contributed by atoms with E-state index in [4.69, 9.17) is 0 Å². The molecule has 2 aromatic rings. The number of hydrogen-bond acceptors (Lipinski definition) is 2. The van der Waals surface area contributed by atoms with Crippen molar-refractivity contribution < 1.29 is 14.3 Å². The zero-order valence-corrected chi connectivity index (χ0v) is 7.16. The molecule has 0 heterocycles. The summed E-state index contributed by atoms with van der Waals surface area (Å²) < 4.78 is 12.8. The van der Waals surface area contributed by atoms with Gasteiger partial charge in [-0.15, -0.1) is 0 Å². The van der Waals surface area contributed by atoms with E-state index < -0.39 is 5.97 Å². The fourth-order valence-corrected chi connectivity index (χ4v) is 1.43. The van der Waals surface area contributed by atoms with Gasteiger partial charge in [0.1, 0.15) is 5.82 Å². The van der Waals surface area contributed by atoms with Crippen LogP contribution >= 0.6 is 0 Å². The molecular weight excluding hydrogens is 183 g/mol. The van der Waals surface area contributed by atoms with Gasteiger partial charge in [-0.05, 0) is 22.9 Å². The van der Waals surface area contributed by atoms with Crippen molar-refractivity contribution in [2.24, 2.45) is 0 Å². The number of rotatable bonds is 1. The van der Waals surface area contributed by atoms with Crippen molar-refractivity contribution in [2.45, 2.75) is 0 Å². The van der Waals surface area contributed by atoms with E-state index in [0.29, 0.717) is 10.8 Å². The molecule has 0 saturated carbocycles. The number of carboxylic acids is 1. The maximum atomic E-state index is 12.8. The molecule has 0 amide bonds. The van der Waals surface area contributed by atoms with Crippen LogP contribution in [-0.2, 0) is 0 Å². The van der Waals surface area contributed by atoms with E-state index in [2.05, 4.69) is 0 Å². The van der Waals surface area contributed by atoms with Crippen LogP contribution in [0, 0.1) is 5.82 Å². The number of halogens is 1. The Balaban J connectivity index is 2.81. The van der Waals surface area contributed by atoms with Crippen LogP contribution in [0.5, 0.6) is 0 Å². The first kappa shape index (κ1) is 8.69. The molecule has 14 heavy (non-hydrogen) atoms. The summed E-state index contributed by atoms with van der Waals surface area (Å²) in [5.74, 6) is -1.63. The molecule has 0 unspecified atom stereocenters. The van der Waals surface area contributed by atoms with E-state index in [1.54, 1.807) is 12.1 Å². The Bertz CT molecular complexity index is 506. The Hall–Kier alpha value is -1.90. The summed E-state index contributed by atoms with van der Waals surface area (Å²) in [6.45, 7) is 0. The molecule has 2 nitrogen and oxygen atoms in total. The smallest absolute Gasteiger partial charge is 0.123 e. The molecule has 0 N–H and O–H groups in total. The second kappa shape index (κ2) is 3.10. The van der Waals surface area contributed by atoms with Gasteiger partial charge in [0.05, 0.1) is 5.97 Å². The summed E-state index contributed by atoms with van der Waals surface area (Å²) in [5.41, 5.74) is 0.0856. The summed E-state index contributed by atoms with van der Waals surface area (Å²) in [4.78, 5) is 10.7. The number of aromatic carboxylic acids is 1. The zero-order chi connectivity index (χ0) is 10.1. The first-order chi connectivity index (χ1) is 6.68. The van der Waals surface area contributed by atoms with Crippen LogP contribution < -0.4 is 5.11 Å². The third-order valence-corrected chi connectivity index (χ3v) is 2.06. The van der Waals surface area contributed by atoms with Gasteiger partial charge >= 0.3 is 0 Å². The van der Waals surface area contributed by atoms with Gasteiger partial charge in [0.25, 0.3) is 0 Å². The van der Waals surface area contributed by atoms with Crippen molar-refractivity contribution in [1.82, 2.24) is 0 Å². The third kappa shape index (κ3) is 1.33. The SMILES string of the molecule is O=C([O-])c1cccc2cc(F)ccc12. The lowest BCUT2D eigenvalue weighted by Crippen LogP contribution is -2.22. The summed E-state index contributed by atoms with van der Waals surface area (Å²) >= 11 is 0. The van der Waals surface area contributed by atoms with Crippen molar-refractivity contribution in [1.29, 1.82) is 0 Å². The molecule has 0 spiro atoms. The van der Waals surface area contributed by atoms with E-state index in [0.717, 1.165) is 0 Å². The van der Waals surface area contributed by atoms with Crippen LogP contribution in [0.3, 0.4) is 0 Å². The molecule has 0 atom stereocenters. The van der Waals surface area contributed by atoms with E-state index in [-0.39, 0.29) is 11.4 Å². The number of benzene rings is 2. The summed E-state index contributed by atoms with van der Waals surface area (Å²) in [7, 11) is 0. The number of hydrogen-bond donors (Lipinski definition) is 0. The fourth-order valence-electron chi connectivity index (χ4n) is 1.43. The Labute approximate surface area is 79.6 Å². The van der Waals surface area contributed by atoms with Crippen molar-refractivity contribution in [3.8, 4) is 0 Å². The number of carboxylic acid groups (broad SMARTS) is 1. The van der Waals surface area contributed by atoms with Gasteiger partial charge in [-0.25, -0.2) is 4.39 Å². The predicted molar refractivity (Wildman–Crippen MR) is 48.2 cm³/mol. The molecule has 0 aliphatic rings. The molecule has 0 saturated heterocycles. The van der Waals surface area contributed by atoms with Gasteiger partial charge in [-0.1, -0.05) is 24.3 Å². The molecule has 0 bridgehead atoms.